The second-order valence-electron chi connectivity index (χ2n) is 3.82. The van der Waals surface area contributed by atoms with Gasteiger partial charge in [-0.25, -0.2) is 0 Å². The van der Waals surface area contributed by atoms with Crippen LogP contribution in [0.15, 0.2) is 24.3 Å². The molecule has 0 bridgehead atoms. The first-order valence-corrected chi connectivity index (χ1v) is 5.56. The van der Waals surface area contributed by atoms with Gasteiger partial charge in [-0.3, -0.25) is 0 Å². The minimum atomic E-state index is 1.18. The number of hydrogen-bond donors (Lipinski definition) is 0. The first kappa shape index (κ1) is 12.5. The van der Waals surface area contributed by atoms with Crippen molar-refractivity contribution in [2.45, 2.75) is 58.8 Å². The molecular weight excluding hydrogens is 156 g/mol. The second-order valence-corrected chi connectivity index (χ2v) is 3.82. The molecule has 0 rings (SSSR count). The highest BCUT2D eigenvalue weighted by molar-refractivity contribution is 4.89. The fourth-order valence-corrected chi connectivity index (χ4v) is 1.27. The first-order valence-electron chi connectivity index (χ1n) is 5.56. The summed E-state index contributed by atoms with van der Waals surface area (Å²) in [5, 5.41) is 0. The molecule has 13 heavy (non-hydrogen) atoms. The molecule has 0 heterocycles. The standard InChI is InChI=1S/C13H24/c1-4-5-6-7-8-9-10-11-12-13(2)3/h8-9H,2,4-7,10-12H2,1,3H3. The summed E-state index contributed by atoms with van der Waals surface area (Å²) in [5.41, 5.74) is 1.30. The van der Waals surface area contributed by atoms with Crippen molar-refractivity contribution < 1.29 is 0 Å². The second kappa shape index (κ2) is 9.57. The van der Waals surface area contributed by atoms with E-state index in [4.69, 9.17) is 0 Å². The molecule has 0 unspecified atom stereocenters. The molecule has 0 N–H and O–H groups in total. The molecule has 0 amide bonds. The lowest BCUT2D eigenvalue weighted by atomic mass is 10.1. The third-order valence-electron chi connectivity index (χ3n) is 2.12. The summed E-state index contributed by atoms with van der Waals surface area (Å²) in [5.74, 6) is 0. The van der Waals surface area contributed by atoms with Crippen LogP contribution in [0.5, 0.6) is 0 Å². The van der Waals surface area contributed by atoms with Gasteiger partial charge in [-0.15, -0.1) is 6.58 Å². The molecular formula is C13H24. The van der Waals surface area contributed by atoms with E-state index in [1.165, 1.54) is 50.5 Å². The largest absolute Gasteiger partial charge is 0.100 e. The molecule has 0 saturated heterocycles. The molecule has 0 radical (unpaired) electrons. The van der Waals surface area contributed by atoms with Crippen molar-refractivity contribution in [1.82, 2.24) is 0 Å². The van der Waals surface area contributed by atoms with Gasteiger partial charge in [0, 0.05) is 0 Å². The van der Waals surface area contributed by atoms with E-state index in [1.807, 2.05) is 0 Å². The molecule has 0 aromatic carbocycles. The van der Waals surface area contributed by atoms with Crippen LogP contribution in [0, 0.1) is 0 Å². The van der Waals surface area contributed by atoms with Crippen LogP contribution in [-0.2, 0) is 0 Å². The number of hydrogen-bond acceptors (Lipinski definition) is 0. The molecule has 0 aliphatic rings. The van der Waals surface area contributed by atoms with Gasteiger partial charge in [-0.1, -0.05) is 37.5 Å². The van der Waals surface area contributed by atoms with Crippen molar-refractivity contribution in [3.05, 3.63) is 24.3 Å². The summed E-state index contributed by atoms with van der Waals surface area (Å²) in [6, 6.07) is 0. The summed E-state index contributed by atoms with van der Waals surface area (Å²) < 4.78 is 0. The number of allylic oxidation sites excluding steroid dienone is 3. The molecule has 0 spiro atoms. The van der Waals surface area contributed by atoms with E-state index >= 15 is 0 Å². The summed E-state index contributed by atoms with van der Waals surface area (Å²) in [6.45, 7) is 8.24. The molecule has 0 atom stereocenters. The van der Waals surface area contributed by atoms with Gasteiger partial charge >= 0.3 is 0 Å². The Hall–Kier alpha value is -0.520. The van der Waals surface area contributed by atoms with Crippen LogP contribution in [-0.4, -0.2) is 0 Å². The Labute approximate surface area is 83.7 Å². The summed E-state index contributed by atoms with van der Waals surface area (Å²) >= 11 is 0. The zero-order valence-corrected chi connectivity index (χ0v) is 9.31. The molecule has 0 aromatic rings. The average Bonchev–Trinajstić information content (AvgIpc) is 2.09. The highest BCUT2D eigenvalue weighted by atomic mass is 13.9. The maximum atomic E-state index is 3.89. The maximum absolute atomic E-state index is 3.89. The van der Waals surface area contributed by atoms with E-state index in [2.05, 4.69) is 32.6 Å². The molecule has 0 fully saturated rings. The summed E-state index contributed by atoms with van der Waals surface area (Å²) in [7, 11) is 0. The Kier molecular flexibility index (Phi) is 9.18. The van der Waals surface area contributed by atoms with E-state index in [0.717, 1.165) is 0 Å². The van der Waals surface area contributed by atoms with Crippen molar-refractivity contribution in [3.63, 3.8) is 0 Å². The lowest BCUT2D eigenvalue weighted by Crippen LogP contribution is -1.75. The van der Waals surface area contributed by atoms with Crippen molar-refractivity contribution >= 4 is 0 Å². The lowest BCUT2D eigenvalue weighted by Gasteiger charge is -1.95. The van der Waals surface area contributed by atoms with Crippen LogP contribution in [0.2, 0.25) is 0 Å². The van der Waals surface area contributed by atoms with Gasteiger partial charge in [0.05, 0.1) is 0 Å². The minimum absolute atomic E-state index is 1.18. The van der Waals surface area contributed by atoms with Gasteiger partial charge in [0.1, 0.15) is 0 Å². The Morgan fingerprint density at radius 1 is 1.08 bits per heavy atom. The zero-order valence-electron chi connectivity index (χ0n) is 9.31. The van der Waals surface area contributed by atoms with Crippen LogP contribution >= 0.6 is 0 Å². The fraction of sp³-hybridized carbons (Fsp3) is 0.692. The molecule has 0 aromatic heterocycles. The molecule has 0 aliphatic carbocycles. The molecule has 0 saturated carbocycles. The Morgan fingerprint density at radius 2 is 1.69 bits per heavy atom. The third-order valence-corrected chi connectivity index (χ3v) is 2.12. The predicted octanol–water partition coefficient (Wildman–Crippen LogP) is 4.87. The van der Waals surface area contributed by atoms with E-state index < -0.39 is 0 Å². The third kappa shape index (κ3) is 11.5. The van der Waals surface area contributed by atoms with Crippen molar-refractivity contribution in [1.29, 1.82) is 0 Å². The number of unbranched alkanes of at least 4 members (excludes halogenated alkanes) is 4. The van der Waals surface area contributed by atoms with Crippen molar-refractivity contribution in [3.8, 4) is 0 Å². The van der Waals surface area contributed by atoms with Gasteiger partial charge in [0.25, 0.3) is 0 Å². The monoisotopic (exact) mass is 180 g/mol. The summed E-state index contributed by atoms with van der Waals surface area (Å²) in [4.78, 5) is 0. The Bertz CT molecular complexity index is 142. The molecule has 76 valence electrons. The predicted molar refractivity (Wildman–Crippen MR) is 61.9 cm³/mol. The van der Waals surface area contributed by atoms with Crippen LogP contribution in [0.25, 0.3) is 0 Å². The molecule has 0 heteroatoms. The van der Waals surface area contributed by atoms with Crippen LogP contribution in [0.1, 0.15) is 58.8 Å². The van der Waals surface area contributed by atoms with Crippen LogP contribution < -0.4 is 0 Å². The SMILES string of the molecule is C=C(C)CCCC=CCCCCC. The topological polar surface area (TPSA) is 0 Å². The van der Waals surface area contributed by atoms with Gasteiger partial charge in [0.2, 0.25) is 0 Å². The summed E-state index contributed by atoms with van der Waals surface area (Å²) in [6.07, 6.45) is 13.6. The van der Waals surface area contributed by atoms with E-state index in [0.29, 0.717) is 0 Å². The minimum Gasteiger partial charge on any atom is -0.100 e. The quantitative estimate of drug-likeness (QED) is 0.369. The van der Waals surface area contributed by atoms with Gasteiger partial charge in [-0.2, -0.15) is 0 Å². The van der Waals surface area contributed by atoms with E-state index in [9.17, 15) is 0 Å². The highest BCUT2D eigenvalue weighted by Crippen LogP contribution is 2.05. The van der Waals surface area contributed by atoms with Crippen LogP contribution in [0.3, 0.4) is 0 Å². The van der Waals surface area contributed by atoms with Gasteiger partial charge in [0.15, 0.2) is 0 Å². The normalized spacial score (nSPS) is 10.9. The average molecular weight is 180 g/mol. The highest BCUT2D eigenvalue weighted by Gasteiger charge is 1.85. The van der Waals surface area contributed by atoms with Gasteiger partial charge in [-0.05, 0) is 39.0 Å². The Morgan fingerprint density at radius 3 is 2.23 bits per heavy atom. The zero-order chi connectivity index (χ0) is 9.94. The first-order chi connectivity index (χ1) is 6.27. The van der Waals surface area contributed by atoms with Crippen molar-refractivity contribution in [2.24, 2.45) is 0 Å². The van der Waals surface area contributed by atoms with E-state index in [-0.39, 0.29) is 0 Å². The van der Waals surface area contributed by atoms with Crippen molar-refractivity contribution in [2.75, 3.05) is 0 Å². The van der Waals surface area contributed by atoms with Crippen LogP contribution in [0.4, 0.5) is 0 Å². The molecule has 0 nitrogen and oxygen atoms in total. The molecule has 0 aliphatic heterocycles. The maximum Gasteiger partial charge on any atom is -0.0323 e. The number of rotatable bonds is 8. The van der Waals surface area contributed by atoms with Gasteiger partial charge < -0.3 is 0 Å². The van der Waals surface area contributed by atoms with E-state index in [1.54, 1.807) is 0 Å². The Balaban J connectivity index is 3.08. The fourth-order valence-electron chi connectivity index (χ4n) is 1.27. The lowest BCUT2D eigenvalue weighted by molar-refractivity contribution is 0.726. The smallest absolute Gasteiger partial charge is 0.0323 e.